The Bertz CT molecular complexity index is 733. The largest absolute Gasteiger partial charge is 0.453 e. The van der Waals surface area contributed by atoms with Crippen molar-refractivity contribution in [2.75, 3.05) is 25.5 Å². The molecule has 1 aliphatic heterocycles. The van der Waals surface area contributed by atoms with E-state index in [9.17, 15) is 4.79 Å². The highest BCUT2D eigenvalue weighted by molar-refractivity contribution is 5.83. The van der Waals surface area contributed by atoms with Crippen molar-refractivity contribution >= 4 is 23.1 Å². The Hall–Kier alpha value is -2.38. The van der Waals surface area contributed by atoms with E-state index >= 15 is 0 Å². The van der Waals surface area contributed by atoms with Gasteiger partial charge in [0.25, 0.3) is 0 Å². The number of nitrogens with zero attached hydrogens (tertiary/aromatic N) is 5. The average molecular weight is 332 g/mol. The summed E-state index contributed by atoms with van der Waals surface area (Å²) < 4.78 is 6.83. The Morgan fingerprint density at radius 2 is 2.04 bits per heavy atom. The van der Waals surface area contributed by atoms with Gasteiger partial charge >= 0.3 is 6.09 Å². The highest BCUT2D eigenvalue weighted by atomic mass is 16.5. The van der Waals surface area contributed by atoms with Crippen LogP contribution >= 0.6 is 0 Å². The van der Waals surface area contributed by atoms with Crippen molar-refractivity contribution in [3.05, 3.63) is 12.2 Å². The van der Waals surface area contributed by atoms with E-state index in [0.29, 0.717) is 19.1 Å². The normalized spacial score (nSPS) is 16.0. The van der Waals surface area contributed by atoms with Crippen molar-refractivity contribution in [1.29, 1.82) is 0 Å². The van der Waals surface area contributed by atoms with Crippen LogP contribution in [0, 0.1) is 6.92 Å². The molecule has 0 aliphatic carbocycles. The summed E-state index contributed by atoms with van der Waals surface area (Å²) in [4.78, 5) is 26.9. The second-order valence-electron chi connectivity index (χ2n) is 6.41. The maximum absolute atomic E-state index is 11.6. The van der Waals surface area contributed by atoms with Gasteiger partial charge in [0.2, 0.25) is 0 Å². The van der Waals surface area contributed by atoms with Crippen LogP contribution in [-0.4, -0.2) is 56.8 Å². The summed E-state index contributed by atoms with van der Waals surface area (Å²) in [5.74, 6) is 1.49. The minimum Gasteiger partial charge on any atom is -0.453 e. The molecule has 1 fully saturated rings. The maximum atomic E-state index is 11.6. The number of methoxy groups -OCH3 is 1. The summed E-state index contributed by atoms with van der Waals surface area (Å²) in [6.45, 7) is 7.46. The summed E-state index contributed by atoms with van der Waals surface area (Å²) in [5, 5.41) is 3.49. The lowest BCUT2D eigenvalue weighted by Crippen LogP contribution is -2.42. The molecule has 1 aliphatic rings. The van der Waals surface area contributed by atoms with Gasteiger partial charge in [-0.2, -0.15) is 0 Å². The van der Waals surface area contributed by atoms with E-state index in [2.05, 4.69) is 38.7 Å². The number of likely N-dealkylation sites (tertiary alicyclic amines) is 1. The molecule has 1 amide bonds. The number of carbonyl (C=O) groups is 1. The van der Waals surface area contributed by atoms with E-state index in [0.717, 1.165) is 35.6 Å². The standard InChI is InChI=1S/C16H24N6O2/c1-10(2)22-9-17-13-14(18-11(3)19-15(13)22)20-12-5-7-21(8-6-12)16(23)24-4/h9-10,12H,5-8H2,1-4H3,(H,18,19,20). The Morgan fingerprint density at radius 3 is 2.67 bits per heavy atom. The second kappa shape index (κ2) is 6.62. The molecular formula is C16H24N6O2. The van der Waals surface area contributed by atoms with E-state index in [-0.39, 0.29) is 12.1 Å². The van der Waals surface area contributed by atoms with E-state index in [1.165, 1.54) is 7.11 Å². The van der Waals surface area contributed by atoms with Crippen molar-refractivity contribution in [3.63, 3.8) is 0 Å². The zero-order chi connectivity index (χ0) is 17.3. The van der Waals surface area contributed by atoms with E-state index in [1.54, 1.807) is 4.90 Å². The van der Waals surface area contributed by atoms with Gasteiger partial charge < -0.3 is 19.5 Å². The number of piperidine rings is 1. The molecule has 2 aromatic heterocycles. The molecule has 0 spiro atoms. The number of amides is 1. The third kappa shape index (κ3) is 3.13. The van der Waals surface area contributed by atoms with Gasteiger partial charge in [-0.25, -0.2) is 19.7 Å². The van der Waals surface area contributed by atoms with Gasteiger partial charge in [-0.3, -0.25) is 0 Å². The molecule has 1 saturated heterocycles. The predicted octanol–water partition coefficient (Wildman–Crippen LogP) is 2.36. The van der Waals surface area contributed by atoms with Gasteiger partial charge in [-0.15, -0.1) is 0 Å². The Kier molecular flexibility index (Phi) is 4.55. The van der Waals surface area contributed by atoms with Gasteiger partial charge in [-0.1, -0.05) is 0 Å². The van der Waals surface area contributed by atoms with Crippen LogP contribution < -0.4 is 5.32 Å². The maximum Gasteiger partial charge on any atom is 0.409 e. The number of imidazole rings is 1. The molecule has 3 heterocycles. The molecule has 2 aromatic rings. The molecule has 8 heteroatoms. The van der Waals surface area contributed by atoms with Crippen LogP contribution in [0.3, 0.4) is 0 Å². The lowest BCUT2D eigenvalue weighted by Gasteiger charge is -2.31. The fourth-order valence-corrected chi connectivity index (χ4v) is 3.03. The molecule has 0 unspecified atom stereocenters. The summed E-state index contributed by atoms with van der Waals surface area (Å²) in [6, 6.07) is 0.549. The van der Waals surface area contributed by atoms with Gasteiger partial charge in [0.15, 0.2) is 11.5 Å². The fourth-order valence-electron chi connectivity index (χ4n) is 3.03. The summed E-state index contributed by atoms with van der Waals surface area (Å²) >= 11 is 0. The lowest BCUT2D eigenvalue weighted by molar-refractivity contribution is 0.113. The second-order valence-corrected chi connectivity index (χ2v) is 6.41. The minimum atomic E-state index is -0.260. The van der Waals surface area contributed by atoms with Crippen LogP contribution in [0.1, 0.15) is 38.6 Å². The van der Waals surface area contributed by atoms with E-state index in [1.807, 2.05) is 13.3 Å². The number of aromatic nitrogens is 4. The highest BCUT2D eigenvalue weighted by Crippen LogP contribution is 2.24. The van der Waals surface area contributed by atoms with Crippen molar-refractivity contribution in [2.45, 2.75) is 45.7 Å². The number of rotatable bonds is 3. The first-order valence-corrected chi connectivity index (χ1v) is 8.30. The zero-order valence-electron chi connectivity index (χ0n) is 14.6. The van der Waals surface area contributed by atoms with Crippen LogP contribution in [0.15, 0.2) is 6.33 Å². The topological polar surface area (TPSA) is 85.2 Å². The third-order valence-corrected chi connectivity index (χ3v) is 4.36. The molecule has 130 valence electrons. The Morgan fingerprint density at radius 1 is 1.33 bits per heavy atom. The number of anilines is 1. The van der Waals surface area contributed by atoms with Crippen LogP contribution in [0.2, 0.25) is 0 Å². The highest BCUT2D eigenvalue weighted by Gasteiger charge is 2.24. The van der Waals surface area contributed by atoms with Crippen molar-refractivity contribution in [2.24, 2.45) is 0 Å². The van der Waals surface area contributed by atoms with Gasteiger partial charge in [0.05, 0.1) is 13.4 Å². The molecule has 3 rings (SSSR count). The van der Waals surface area contributed by atoms with Crippen LogP contribution in [0.25, 0.3) is 11.2 Å². The number of aryl methyl sites for hydroxylation is 1. The van der Waals surface area contributed by atoms with Gasteiger partial charge in [0.1, 0.15) is 11.3 Å². The molecule has 0 saturated carbocycles. The van der Waals surface area contributed by atoms with Crippen LogP contribution in [0.5, 0.6) is 0 Å². The lowest BCUT2D eigenvalue weighted by atomic mass is 10.1. The van der Waals surface area contributed by atoms with Crippen molar-refractivity contribution in [3.8, 4) is 0 Å². The van der Waals surface area contributed by atoms with Gasteiger partial charge in [-0.05, 0) is 33.6 Å². The number of carbonyl (C=O) groups excluding carboxylic acids is 1. The summed E-state index contributed by atoms with van der Waals surface area (Å²) in [5.41, 5.74) is 1.65. The quantitative estimate of drug-likeness (QED) is 0.929. The van der Waals surface area contributed by atoms with E-state index < -0.39 is 0 Å². The number of ether oxygens (including phenoxy) is 1. The number of fused-ring (bicyclic) bond motifs is 1. The molecule has 0 radical (unpaired) electrons. The first kappa shape index (κ1) is 16.5. The average Bonchev–Trinajstić information content (AvgIpc) is 2.99. The predicted molar refractivity (Wildman–Crippen MR) is 91.1 cm³/mol. The Labute approximate surface area is 141 Å². The SMILES string of the molecule is COC(=O)N1CCC(Nc2nc(C)nc3c2ncn3C(C)C)CC1. The van der Waals surface area contributed by atoms with Crippen LogP contribution in [-0.2, 0) is 4.74 Å². The number of hydrogen-bond acceptors (Lipinski definition) is 6. The van der Waals surface area contributed by atoms with Gasteiger partial charge in [0, 0.05) is 25.2 Å². The molecule has 0 aromatic carbocycles. The number of hydrogen-bond donors (Lipinski definition) is 1. The molecule has 8 nitrogen and oxygen atoms in total. The van der Waals surface area contributed by atoms with E-state index in [4.69, 9.17) is 4.74 Å². The first-order chi connectivity index (χ1) is 11.5. The number of nitrogens with one attached hydrogen (secondary N) is 1. The van der Waals surface area contributed by atoms with Crippen molar-refractivity contribution in [1.82, 2.24) is 24.4 Å². The molecule has 1 N–H and O–H groups in total. The molecule has 24 heavy (non-hydrogen) atoms. The fraction of sp³-hybridized carbons (Fsp3) is 0.625. The zero-order valence-corrected chi connectivity index (χ0v) is 14.6. The van der Waals surface area contributed by atoms with Crippen molar-refractivity contribution < 1.29 is 9.53 Å². The molecular weight excluding hydrogens is 308 g/mol. The molecule has 0 bridgehead atoms. The minimum absolute atomic E-state index is 0.257. The Balaban J connectivity index is 1.78. The third-order valence-electron chi connectivity index (χ3n) is 4.36. The van der Waals surface area contributed by atoms with Crippen LogP contribution in [0.4, 0.5) is 10.6 Å². The monoisotopic (exact) mass is 332 g/mol. The molecule has 0 atom stereocenters. The first-order valence-electron chi connectivity index (χ1n) is 8.30. The smallest absolute Gasteiger partial charge is 0.409 e. The summed E-state index contributed by atoms with van der Waals surface area (Å²) in [7, 11) is 1.41. The summed E-state index contributed by atoms with van der Waals surface area (Å²) in [6.07, 6.45) is 3.26.